The highest BCUT2D eigenvalue weighted by Gasteiger charge is 2.33. The minimum Gasteiger partial charge on any atom is -0.435 e. The molecule has 0 aliphatic carbocycles. The molecule has 3 N–H and O–H groups in total. The summed E-state index contributed by atoms with van der Waals surface area (Å²) in [6, 6.07) is 4.20. The van der Waals surface area contributed by atoms with Crippen molar-refractivity contribution in [3.63, 3.8) is 0 Å². The Morgan fingerprint density at radius 2 is 1.96 bits per heavy atom. The van der Waals surface area contributed by atoms with Gasteiger partial charge in [0.05, 0.1) is 6.10 Å². The molecule has 28 heavy (non-hydrogen) atoms. The number of amides is 3. The minimum absolute atomic E-state index is 0.0611. The van der Waals surface area contributed by atoms with E-state index >= 15 is 0 Å². The Morgan fingerprint density at radius 3 is 2.57 bits per heavy atom. The summed E-state index contributed by atoms with van der Waals surface area (Å²) >= 11 is 0. The van der Waals surface area contributed by atoms with Gasteiger partial charge in [0.15, 0.2) is 0 Å². The average Bonchev–Trinajstić information content (AvgIpc) is 3.07. The Balaban J connectivity index is 1.61. The molecule has 1 aromatic carbocycles. The molecular formula is C18H21F2N3O5. The Hall–Kier alpha value is -2.75. The van der Waals surface area contributed by atoms with Crippen molar-refractivity contribution in [1.29, 1.82) is 0 Å². The van der Waals surface area contributed by atoms with Gasteiger partial charge in [-0.1, -0.05) is 0 Å². The number of nitrogens with one attached hydrogen (secondary N) is 2. The first-order chi connectivity index (χ1) is 13.3. The second-order valence-electron chi connectivity index (χ2n) is 6.87. The summed E-state index contributed by atoms with van der Waals surface area (Å²) < 4.78 is 28.7. The standard InChI is InChI=1S/C18H21F2N3O5/c19-18(20)28-13-3-1-10(2-4-13)17(27)23-8-11(7-12(24)9-23)21-16(26)14-5-6-15(25)22-14/h1-4,11-12,14,18,24H,5-9H2,(H,21,26)(H,22,25)/t11-,12+,14-/m0/s1. The van der Waals surface area contributed by atoms with E-state index in [2.05, 4.69) is 15.4 Å². The first kappa shape index (κ1) is 20.0. The van der Waals surface area contributed by atoms with E-state index in [4.69, 9.17) is 0 Å². The maximum Gasteiger partial charge on any atom is 0.387 e. The second-order valence-corrected chi connectivity index (χ2v) is 6.87. The van der Waals surface area contributed by atoms with E-state index in [-0.39, 0.29) is 42.6 Å². The fourth-order valence-electron chi connectivity index (χ4n) is 3.42. The fraction of sp³-hybridized carbons (Fsp3) is 0.500. The van der Waals surface area contributed by atoms with Crippen molar-refractivity contribution in [1.82, 2.24) is 15.5 Å². The van der Waals surface area contributed by atoms with Crippen molar-refractivity contribution in [2.75, 3.05) is 13.1 Å². The first-order valence-corrected chi connectivity index (χ1v) is 8.94. The molecule has 0 spiro atoms. The molecule has 2 heterocycles. The molecule has 3 atom stereocenters. The Bertz CT molecular complexity index is 743. The number of piperidine rings is 1. The molecule has 0 unspecified atom stereocenters. The topological polar surface area (TPSA) is 108 Å². The van der Waals surface area contributed by atoms with Crippen molar-refractivity contribution in [2.24, 2.45) is 0 Å². The zero-order valence-electron chi connectivity index (χ0n) is 14.9. The van der Waals surface area contributed by atoms with Crippen molar-refractivity contribution in [2.45, 2.75) is 44.1 Å². The third-order valence-corrected chi connectivity index (χ3v) is 4.70. The smallest absolute Gasteiger partial charge is 0.387 e. The summed E-state index contributed by atoms with van der Waals surface area (Å²) in [7, 11) is 0. The molecule has 2 fully saturated rings. The third-order valence-electron chi connectivity index (χ3n) is 4.70. The number of β-amino-alcohol motifs (C(OH)–C–C–N with tert-alkyl or cyclic N) is 1. The van der Waals surface area contributed by atoms with Gasteiger partial charge in [0, 0.05) is 31.1 Å². The van der Waals surface area contributed by atoms with Gasteiger partial charge in [-0.15, -0.1) is 0 Å². The van der Waals surface area contributed by atoms with E-state index < -0.39 is 30.7 Å². The van der Waals surface area contributed by atoms with Gasteiger partial charge in [-0.2, -0.15) is 8.78 Å². The number of halogens is 2. The molecule has 1 aromatic rings. The molecule has 0 saturated carbocycles. The molecule has 3 rings (SSSR count). The Labute approximate surface area is 159 Å². The quantitative estimate of drug-likeness (QED) is 0.661. The summed E-state index contributed by atoms with van der Waals surface area (Å²) in [4.78, 5) is 37.6. The number of carbonyl (C=O) groups is 3. The predicted octanol–water partition coefficient (Wildman–Crippen LogP) is 0.258. The van der Waals surface area contributed by atoms with Crippen LogP contribution in [0.15, 0.2) is 24.3 Å². The van der Waals surface area contributed by atoms with Crippen LogP contribution < -0.4 is 15.4 Å². The number of carbonyl (C=O) groups excluding carboxylic acids is 3. The maximum atomic E-state index is 12.7. The van der Waals surface area contributed by atoms with Crippen molar-refractivity contribution < 1.29 is 33.0 Å². The van der Waals surface area contributed by atoms with Gasteiger partial charge in [0.1, 0.15) is 11.8 Å². The normalized spacial score (nSPS) is 24.8. The van der Waals surface area contributed by atoms with Gasteiger partial charge in [-0.3, -0.25) is 14.4 Å². The molecule has 10 heteroatoms. The lowest BCUT2D eigenvalue weighted by Crippen LogP contribution is -2.56. The summed E-state index contributed by atoms with van der Waals surface area (Å²) in [6.45, 7) is -2.66. The number of nitrogens with zero attached hydrogens (tertiary/aromatic N) is 1. The van der Waals surface area contributed by atoms with Crippen molar-refractivity contribution in [3.05, 3.63) is 29.8 Å². The summed E-state index contributed by atoms with van der Waals surface area (Å²) in [6.07, 6.45) is 0.177. The molecule has 8 nitrogen and oxygen atoms in total. The molecule has 2 aliphatic rings. The SMILES string of the molecule is O=C1CC[C@@H](C(=O)N[C@H]2C[C@@H](O)CN(C(=O)c3ccc(OC(F)F)cc3)C2)N1. The molecule has 152 valence electrons. The van der Waals surface area contributed by atoms with Gasteiger partial charge < -0.3 is 25.4 Å². The summed E-state index contributed by atoms with van der Waals surface area (Å²) in [5.74, 6) is -0.976. The third kappa shape index (κ3) is 4.94. The lowest BCUT2D eigenvalue weighted by atomic mass is 10.0. The number of benzene rings is 1. The van der Waals surface area contributed by atoms with E-state index in [9.17, 15) is 28.3 Å². The Morgan fingerprint density at radius 1 is 1.25 bits per heavy atom. The highest BCUT2D eigenvalue weighted by atomic mass is 19.3. The average molecular weight is 397 g/mol. The zero-order chi connectivity index (χ0) is 20.3. The van der Waals surface area contributed by atoms with Crippen molar-refractivity contribution in [3.8, 4) is 5.75 Å². The van der Waals surface area contributed by atoms with Crippen LogP contribution in [0.4, 0.5) is 8.78 Å². The van der Waals surface area contributed by atoms with Crippen LogP contribution >= 0.6 is 0 Å². The number of rotatable bonds is 5. The maximum absolute atomic E-state index is 12.7. The number of hydrogen-bond donors (Lipinski definition) is 3. The van der Waals surface area contributed by atoms with Crippen LogP contribution in [0.5, 0.6) is 5.75 Å². The van der Waals surface area contributed by atoms with Crippen LogP contribution in [-0.2, 0) is 9.59 Å². The van der Waals surface area contributed by atoms with Crippen LogP contribution in [-0.4, -0.2) is 65.6 Å². The largest absolute Gasteiger partial charge is 0.435 e. The van der Waals surface area contributed by atoms with Crippen LogP contribution in [0.2, 0.25) is 0 Å². The number of likely N-dealkylation sites (tertiary alicyclic amines) is 1. The Kier molecular flexibility index (Phi) is 6.08. The summed E-state index contributed by atoms with van der Waals surface area (Å²) in [5, 5.41) is 15.4. The van der Waals surface area contributed by atoms with Gasteiger partial charge in [-0.05, 0) is 37.1 Å². The van der Waals surface area contributed by atoms with Crippen LogP contribution in [0.3, 0.4) is 0 Å². The highest BCUT2D eigenvalue weighted by molar-refractivity contribution is 5.94. The van der Waals surface area contributed by atoms with Crippen LogP contribution in [0, 0.1) is 0 Å². The molecule has 0 radical (unpaired) electrons. The van der Waals surface area contributed by atoms with Gasteiger partial charge in [-0.25, -0.2) is 0 Å². The van der Waals surface area contributed by atoms with E-state index in [0.717, 1.165) is 0 Å². The second kappa shape index (κ2) is 8.51. The predicted molar refractivity (Wildman–Crippen MR) is 92.7 cm³/mol. The lowest BCUT2D eigenvalue weighted by Gasteiger charge is -2.36. The number of aliphatic hydroxyl groups is 1. The monoisotopic (exact) mass is 397 g/mol. The van der Waals surface area contributed by atoms with Gasteiger partial charge in [0.2, 0.25) is 11.8 Å². The van der Waals surface area contributed by atoms with E-state index in [1.807, 2.05) is 0 Å². The molecule has 2 saturated heterocycles. The molecular weight excluding hydrogens is 376 g/mol. The number of ether oxygens (including phenoxy) is 1. The lowest BCUT2D eigenvalue weighted by molar-refractivity contribution is -0.126. The summed E-state index contributed by atoms with van der Waals surface area (Å²) in [5.41, 5.74) is 0.254. The number of aliphatic hydroxyl groups excluding tert-OH is 1. The van der Waals surface area contributed by atoms with Crippen molar-refractivity contribution >= 4 is 17.7 Å². The first-order valence-electron chi connectivity index (χ1n) is 8.94. The molecule has 3 amide bonds. The fourth-order valence-corrected chi connectivity index (χ4v) is 3.42. The van der Waals surface area contributed by atoms with E-state index in [1.54, 1.807) is 0 Å². The van der Waals surface area contributed by atoms with E-state index in [1.165, 1.54) is 29.2 Å². The number of alkyl halides is 2. The van der Waals surface area contributed by atoms with Gasteiger partial charge in [0.25, 0.3) is 5.91 Å². The van der Waals surface area contributed by atoms with Crippen LogP contribution in [0.1, 0.15) is 29.6 Å². The minimum atomic E-state index is -2.95. The highest BCUT2D eigenvalue weighted by Crippen LogP contribution is 2.19. The molecule has 0 aromatic heterocycles. The molecule has 0 bridgehead atoms. The van der Waals surface area contributed by atoms with E-state index in [0.29, 0.717) is 12.8 Å². The number of hydrogen-bond acceptors (Lipinski definition) is 5. The zero-order valence-corrected chi connectivity index (χ0v) is 14.9. The molecule has 2 aliphatic heterocycles. The van der Waals surface area contributed by atoms with Gasteiger partial charge >= 0.3 is 6.61 Å². The van der Waals surface area contributed by atoms with Crippen LogP contribution in [0.25, 0.3) is 0 Å².